The minimum atomic E-state index is -4.25. The van der Waals surface area contributed by atoms with E-state index in [1.54, 1.807) is 0 Å². The summed E-state index contributed by atoms with van der Waals surface area (Å²) >= 11 is 0. The van der Waals surface area contributed by atoms with Crippen molar-refractivity contribution in [2.24, 2.45) is 20.0 Å². The van der Waals surface area contributed by atoms with E-state index in [4.69, 9.17) is 0 Å². The highest BCUT2D eigenvalue weighted by atomic mass is 32.2. The van der Waals surface area contributed by atoms with Crippen LogP contribution in [0.4, 0.5) is 14.5 Å². The quantitative estimate of drug-likeness (QED) is 0.577. The number of sulfonamides is 1. The van der Waals surface area contributed by atoms with Crippen LogP contribution in [0.2, 0.25) is 0 Å². The van der Waals surface area contributed by atoms with Crippen LogP contribution in [0, 0.1) is 17.6 Å². The number of rotatable bonds is 4. The molecule has 0 unspecified atom stereocenters. The first-order valence-corrected chi connectivity index (χ1v) is 11.8. The van der Waals surface area contributed by atoms with Gasteiger partial charge >= 0.3 is 5.69 Å². The molecule has 1 aromatic carbocycles. The molecule has 0 aliphatic carbocycles. The smallest absolute Gasteiger partial charge is 0.324 e. The summed E-state index contributed by atoms with van der Waals surface area (Å²) < 4.78 is 56.1. The minimum absolute atomic E-state index is 0.0466. The molecule has 3 heterocycles. The summed E-state index contributed by atoms with van der Waals surface area (Å²) in [4.78, 5) is 40.6. The van der Waals surface area contributed by atoms with Gasteiger partial charge in [-0.2, -0.15) is 4.31 Å². The van der Waals surface area contributed by atoms with Gasteiger partial charge in [-0.15, -0.1) is 0 Å². The van der Waals surface area contributed by atoms with E-state index < -0.39 is 49.6 Å². The summed E-state index contributed by atoms with van der Waals surface area (Å²) in [6.07, 6.45) is 1.66. The number of benzene rings is 1. The van der Waals surface area contributed by atoms with Crippen molar-refractivity contribution in [2.45, 2.75) is 17.7 Å². The van der Waals surface area contributed by atoms with E-state index in [1.807, 2.05) is 0 Å². The number of anilines is 1. The number of aryl methyl sites for hydroxylation is 1. The zero-order chi connectivity index (χ0) is 24.8. The van der Waals surface area contributed by atoms with Crippen LogP contribution in [0.5, 0.6) is 0 Å². The van der Waals surface area contributed by atoms with Gasteiger partial charge in [0.2, 0.25) is 15.9 Å². The first-order chi connectivity index (χ1) is 16.0. The zero-order valence-corrected chi connectivity index (χ0v) is 19.1. The highest BCUT2D eigenvalue weighted by Crippen LogP contribution is 2.27. The Kier molecular flexibility index (Phi) is 6.08. The van der Waals surface area contributed by atoms with Crippen molar-refractivity contribution in [1.29, 1.82) is 0 Å². The molecule has 0 atom stereocenters. The van der Waals surface area contributed by atoms with Crippen LogP contribution in [0.15, 0.2) is 44.9 Å². The number of nitrogens with one attached hydrogen (secondary N) is 1. The van der Waals surface area contributed by atoms with Gasteiger partial charge in [0.25, 0.3) is 5.56 Å². The Balaban J connectivity index is 1.48. The third-order valence-electron chi connectivity index (χ3n) is 5.90. The van der Waals surface area contributed by atoms with E-state index in [-0.39, 0.29) is 42.7 Å². The molecule has 0 radical (unpaired) electrons. The van der Waals surface area contributed by atoms with Gasteiger partial charge in [0.15, 0.2) is 0 Å². The molecule has 0 bridgehead atoms. The van der Waals surface area contributed by atoms with Crippen molar-refractivity contribution in [3.05, 3.63) is 62.9 Å². The van der Waals surface area contributed by atoms with Crippen molar-refractivity contribution in [3.63, 3.8) is 0 Å². The van der Waals surface area contributed by atoms with Gasteiger partial charge in [-0.25, -0.2) is 27.0 Å². The van der Waals surface area contributed by atoms with Gasteiger partial charge in [0.1, 0.15) is 22.2 Å². The second-order valence-electron chi connectivity index (χ2n) is 8.04. The Morgan fingerprint density at radius 3 is 2.44 bits per heavy atom. The molecule has 34 heavy (non-hydrogen) atoms. The Morgan fingerprint density at radius 2 is 1.76 bits per heavy atom. The second kappa shape index (κ2) is 8.72. The predicted octanol–water partition coefficient (Wildman–Crippen LogP) is 0.950. The fraction of sp³-hybridized carbons (Fsp3) is 0.333. The van der Waals surface area contributed by atoms with Crippen molar-refractivity contribution in [3.8, 4) is 0 Å². The number of fused-ring (bicyclic) bond motifs is 1. The molecule has 180 valence electrons. The summed E-state index contributed by atoms with van der Waals surface area (Å²) in [5, 5.41) is 2.83. The Labute approximate surface area is 192 Å². The van der Waals surface area contributed by atoms with Gasteiger partial charge in [0, 0.05) is 33.1 Å². The summed E-state index contributed by atoms with van der Waals surface area (Å²) in [6, 6.07) is 3.65. The highest BCUT2D eigenvalue weighted by Gasteiger charge is 2.34. The molecule has 2 aromatic heterocycles. The number of carbonyl (C=O) groups excluding carboxylic acids is 1. The molecule has 1 saturated heterocycles. The minimum Gasteiger partial charge on any atom is -0.324 e. The zero-order valence-electron chi connectivity index (χ0n) is 18.3. The van der Waals surface area contributed by atoms with Crippen molar-refractivity contribution < 1.29 is 22.0 Å². The molecule has 10 nitrogen and oxygen atoms in total. The monoisotopic (exact) mass is 493 g/mol. The van der Waals surface area contributed by atoms with E-state index in [0.717, 1.165) is 21.0 Å². The Morgan fingerprint density at radius 1 is 1.09 bits per heavy atom. The molecule has 3 aromatic rings. The molecule has 1 N–H and O–H groups in total. The molecule has 4 rings (SSSR count). The van der Waals surface area contributed by atoms with Crippen LogP contribution >= 0.6 is 0 Å². The summed E-state index contributed by atoms with van der Waals surface area (Å²) in [5.41, 5.74) is -0.647. The number of amides is 1. The van der Waals surface area contributed by atoms with Crippen molar-refractivity contribution >= 4 is 32.7 Å². The molecule has 1 aliphatic heterocycles. The lowest BCUT2D eigenvalue weighted by molar-refractivity contribution is -0.120. The van der Waals surface area contributed by atoms with Crippen LogP contribution in [0.1, 0.15) is 12.8 Å². The third kappa shape index (κ3) is 4.12. The van der Waals surface area contributed by atoms with Crippen molar-refractivity contribution in [2.75, 3.05) is 18.4 Å². The Bertz CT molecular complexity index is 1530. The SMILES string of the molecule is Cn1c(=O)c2cc(NC(=O)C3CCN(S(=O)(=O)c4cc(F)ccc4F)CC3)cnc2n(C)c1=O. The van der Waals surface area contributed by atoms with E-state index in [2.05, 4.69) is 10.3 Å². The lowest BCUT2D eigenvalue weighted by Crippen LogP contribution is -2.41. The fourth-order valence-corrected chi connectivity index (χ4v) is 5.50. The van der Waals surface area contributed by atoms with Crippen LogP contribution in [0.25, 0.3) is 11.0 Å². The number of hydrogen-bond donors (Lipinski definition) is 1. The lowest BCUT2D eigenvalue weighted by Gasteiger charge is -2.30. The molecule has 0 saturated carbocycles. The molecular formula is C21H21F2N5O5S. The first kappa shape index (κ1) is 23.7. The van der Waals surface area contributed by atoms with E-state index in [0.29, 0.717) is 6.07 Å². The van der Waals surface area contributed by atoms with Crippen LogP contribution < -0.4 is 16.6 Å². The Hall–Kier alpha value is -3.45. The van der Waals surface area contributed by atoms with Gasteiger partial charge in [-0.1, -0.05) is 0 Å². The number of piperidine rings is 1. The first-order valence-electron chi connectivity index (χ1n) is 10.3. The molecule has 1 aliphatic rings. The number of nitrogens with zero attached hydrogens (tertiary/aromatic N) is 4. The highest BCUT2D eigenvalue weighted by molar-refractivity contribution is 7.89. The van der Waals surface area contributed by atoms with Gasteiger partial charge in [-0.3, -0.25) is 18.7 Å². The van der Waals surface area contributed by atoms with Gasteiger partial charge in [0.05, 0.1) is 17.3 Å². The summed E-state index contributed by atoms with van der Waals surface area (Å²) in [7, 11) is -1.43. The maximum Gasteiger partial charge on any atom is 0.332 e. The average Bonchev–Trinajstić information content (AvgIpc) is 2.82. The van der Waals surface area contributed by atoms with Crippen LogP contribution in [-0.2, 0) is 28.9 Å². The van der Waals surface area contributed by atoms with E-state index in [1.165, 1.54) is 30.9 Å². The molecule has 0 spiro atoms. The second-order valence-corrected chi connectivity index (χ2v) is 9.95. The number of halogens is 2. The van der Waals surface area contributed by atoms with E-state index in [9.17, 15) is 31.6 Å². The predicted molar refractivity (Wildman–Crippen MR) is 119 cm³/mol. The third-order valence-corrected chi connectivity index (χ3v) is 7.81. The standard InChI is InChI=1S/C21H21F2N5O5S/c1-26-18-15(20(30)27(2)21(26)31)10-14(11-24-18)25-19(29)12-5-7-28(8-6-12)34(32,33)17-9-13(22)3-4-16(17)23/h3-4,9-12H,5-8H2,1-2H3,(H,25,29). The summed E-state index contributed by atoms with van der Waals surface area (Å²) in [6.45, 7) is -0.0933. The van der Waals surface area contributed by atoms with Gasteiger partial charge in [-0.05, 0) is 37.1 Å². The maximum atomic E-state index is 14.0. The maximum absolute atomic E-state index is 14.0. The van der Waals surface area contributed by atoms with E-state index >= 15 is 0 Å². The molecule has 1 amide bonds. The number of carbonyl (C=O) groups is 1. The van der Waals surface area contributed by atoms with Crippen LogP contribution in [0.3, 0.4) is 0 Å². The largest absolute Gasteiger partial charge is 0.332 e. The average molecular weight is 493 g/mol. The van der Waals surface area contributed by atoms with Gasteiger partial charge < -0.3 is 5.32 Å². The summed E-state index contributed by atoms with van der Waals surface area (Å²) in [5.74, 6) is -2.85. The molecule has 13 heteroatoms. The fourth-order valence-electron chi connectivity index (χ4n) is 3.95. The molecule has 1 fully saturated rings. The normalized spacial score (nSPS) is 15.5. The topological polar surface area (TPSA) is 123 Å². The van der Waals surface area contributed by atoms with Crippen LogP contribution in [-0.4, -0.2) is 45.8 Å². The lowest BCUT2D eigenvalue weighted by atomic mass is 9.97. The van der Waals surface area contributed by atoms with Crippen molar-refractivity contribution in [1.82, 2.24) is 18.4 Å². The molecular weight excluding hydrogens is 472 g/mol. The number of hydrogen-bond acceptors (Lipinski definition) is 6. The number of aromatic nitrogens is 3. The number of pyridine rings is 1.